The van der Waals surface area contributed by atoms with E-state index in [1.54, 1.807) is 23.3 Å². The lowest BCUT2D eigenvalue weighted by Gasteiger charge is -2.15. The topological polar surface area (TPSA) is 58.2 Å². The lowest BCUT2D eigenvalue weighted by Crippen LogP contribution is -2.30. The molecule has 1 aliphatic rings. The van der Waals surface area contributed by atoms with Crippen molar-refractivity contribution in [2.75, 3.05) is 0 Å². The fourth-order valence-electron chi connectivity index (χ4n) is 2.07. The van der Waals surface area contributed by atoms with Crippen molar-refractivity contribution < 1.29 is 9.21 Å². The predicted octanol–water partition coefficient (Wildman–Crippen LogP) is 3.13. The summed E-state index contributed by atoms with van der Waals surface area (Å²) in [4.78, 5) is 13.9. The first kappa shape index (κ1) is 14.6. The Morgan fingerprint density at radius 2 is 2.09 bits per heavy atom. The van der Waals surface area contributed by atoms with Crippen molar-refractivity contribution in [1.29, 1.82) is 0 Å². The van der Waals surface area contributed by atoms with Gasteiger partial charge in [-0.3, -0.25) is 9.69 Å². The molecule has 1 aromatic heterocycles. The molecule has 1 unspecified atom stereocenters. The number of hydrogen-bond acceptors (Lipinski definition) is 5. The molecule has 0 radical (unpaired) electrons. The molecule has 2 aromatic rings. The van der Waals surface area contributed by atoms with E-state index < -0.39 is 0 Å². The van der Waals surface area contributed by atoms with Crippen molar-refractivity contribution in [3.8, 4) is 0 Å². The molecule has 1 atom stereocenters. The van der Waals surface area contributed by atoms with Gasteiger partial charge in [-0.15, -0.1) is 5.10 Å². The fraction of sp³-hybridized carbons (Fsp3) is 0.188. The van der Waals surface area contributed by atoms with Gasteiger partial charge in [0.1, 0.15) is 5.76 Å². The molecule has 112 valence electrons. The quantitative estimate of drug-likeness (QED) is 0.643. The average molecular weight is 313 g/mol. The Bertz CT molecular complexity index is 695. The van der Waals surface area contributed by atoms with Gasteiger partial charge in [-0.25, -0.2) is 0 Å². The number of amides is 1. The molecule has 0 bridgehead atoms. The third-order valence-electron chi connectivity index (χ3n) is 3.18. The zero-order valence-corrected chi connectivity index (χ0v) is 12.9. The molecule has 1 amide bonds. The number of carbonyl (C=O) groups excluding carboxylic acids is 1. The first-order valence-electron chi connectivity index (χ1n) is 6.90. The van der Waals surface area contributed by atoms with E-state index in [-0.39, 0.29) is 11.2 Å². The molecule has 1 aliphatic heterocycles. The number of benzene rings is 1. The van der Waals surface area contributed by atoms with Crippen LogP contribution < -0.4 is 0 Å². The molecule has 22 heavy (non-hydrogen) atoms. The normalized spacial score (nSPS) is 20.4. The number of furan rings is 1. The first-order chi connectivity index (χ1) is 10.7. The van der Waals surface area contributed by atoms with Crippen molar-refractivity contribution in [3.05, 3.63) is 60.1 Å². The Hall–Kier alpha value is -2.34. The Morgan fingerprint density at radius 3 is 2.82 bits per heavy atom. The molecular weight excluding hydrogens is 298 g/mol. The van der Waals surface area contributed by atoms with Crippen molar-refractivity contribution in [2.24, 2.45) is 10.2 Å². The number of thioether (sulfide) groups is 1. The molecular formula is C16H15N3O2S. The molecule has 6 heteroatoms. The molecule has 0 N–H and O–H groups in total. The second-order valence-electron chi connectivity index (χ2n) is 4.81. The van der Waals surface area contributed by atoms with Crippen molar-refractivity contribution >= 4 is 29.1 Å². The van der Waals surface area contributed by atoms with Gasteiger partial charge < -0.3 is 4.42 Å². The molecule has 5 nitrogen and oxygen atoms in total. The molecule has 1 aromatic carbocycles. The van der Waals surface area contributed by atoms with Crippen LogP contribution in [0, 0.1) is 0 Å². The number of amidine groups is 1. The number of carbonyl (C=O) groups is 1. The van der Waals surface area contributed by atoms with Crippen molar-refractivity contribution in [1.82, 2.24) is 4.90 Å². The Balaban J connectivity index is 1.77. The van der Waals surface area contributed by atoms with Crippen LogP contribution >= 0.6 is 11.8 Å². The van der Waals surface area contributed by atoms with Crippen LogP contribution in [0.2, 0.25) is 0 Å². The van der Waals surface area contributed by atoms with Crippen LogP contribution in [0.5, 0.6) is 0 Å². The SMILES string of the molecule is CC1S/C(=N/N=C/c2ccco2)N(Cc2ccccc2)C1=O. The maximum absolute atomic E-state index is 12.3. The highest BCUT2D eigenvalue weighted by atomic mass is 32.2. The van der Waals surface area contributed by atoms with Gasteiger partial charge in [0.05, 0.1) is 24.3 Å². The van der Waals surface area contributed by atoms with E-state index in [1.165, 1.54) is 18.0 Å². The van der Waals surface area contributed by atoms with E-state index in [1.807, 2.05) is 37.3 Å². The van der Waals surface area contributed by atoms with E-state index in [4.69, 9.17) is 4.42 Å². The third-order valence-corrected chi connectivity index (χ3v) is 4.25. The van der Waals surface area contributed by atoms with Crippen LogP contribution in [0.3, 0.4) is 0 Å². The summed E-state index contributed by atoms with van der Waals surface area (Å²) in [5.74, 6) is 0.683. The predicted molar refractivity (Wildman–Crippen MR) is 87.8 cm³/mol. The van der Waals surface area contributed by atoms with Crippen molar-refractivity contribution in [2.45, 2.75) is 18.7 Å². The Morgan fingerprint density at radius 1 is 1.27 bits per heavy atom. The summed E-state index contributed by atoms with van der Waals surface area (Å²) in [7, 11) is 0. The monoisotopic (exact) mass is 313 g/mol. The van der Waals surface area contributed by atoms with Gasteiger partial charge in [-0.2, -0.15) is 5.10 Å². The molecule has 0 aliphatic carbocycles. The summed E-state index contributed by atoms with van der Waals surface area (Å²) in [6.45, 7) is 2.38. The minimum atomic E-state index is -0.138. The Labute approximate surface area is 132 Å². The van der Waals surface area contributed by atoms with Gasteiger partial charge in [0, 0.05) is 0 Å². The summed E-state index contributed by atoms with van der Waals surface area (Å²) >= 11 is 1.42. The van der Waals surface area contributed by atoms with Crippen LogP contribution in [0.15, 0.2) is 63.3 Å². The molecule has 1 saturated heterocycles. The summed E-state index contributed by atoms with van der Waals surface area (Å²) in [6, 6.07) is 13.4. The highest BCUT2D eigenvalue weighted by molar-refractivity contribution is 8.15. The molecule has 1 fully saturated rings. The second-order valence-corrected chi connectivity index (χ2v) is 6.12. The standard InChI is InChI=1S/C16H15N3O2S/c1-12-15(20)19(11-13-6-3-2-4-7-13)16(22-12)18-17-10-14-8-5-9-21-14/h2-10,12H,11H2,1H3/b17-10+,18-16+. The number of nitrogens with zero attached hydrogens (tertiary/aromatic N) is 3. The lowest BCUT2D eigenvalue weighted by atomic mass is 10.2. The third kappa shape index (κ3) is 3.28. The maximum atomic E-state index is 12.3. The van der Waals surface area contributed by atoms with Gasteiger partial charge >= 0.3 is 0 Å². The number of hydrogen-bond donors (Lipinski definition) is 0. The molecule has 2 heterocycles. The first-order valence-corrected chi connectivity index (χ1v) is 7.78. The summed E-state index contributed by atoms with van der Waals surface area (Å²) in [6.07, 6.45) is 3.11. The van der Waals surface area contributed by atoms with Crippen LogP contribution in [0.4, 0.5) is 0 Å². The summed E-state index contributed by atoms with van der Waals surface area (Å²) < 4.78 is 5.16. The van der Waals surface area contributed by atoms with E-state index >= 15 is 0 Å². The highest BCUT2D eigenvalue weighted by Gasteiger charge is 2.35. The van der Waals surface area contributed by atoms with E-state index in [0.29, 0.717) is 17.5 Å². The van der Waals surface area contributed by atoms with Gasteiger partial charge in [-0.05, 0) is 24.6 Å². The molecule has 0 spiro atoms. The van der Waals surface area contributed by atoms with E-state index in [2.05, 4.69) is 10.2 Å². The maximum Gasteiger partial charge on any atom is 0.242 e. The minimum Gasteiger partial charge on any atom is -0.463 e. The highest BCUT2D eigenvalue weighted by Crippen LogP contribution is 2.28. The van der Waals surface area contributed by atoms with Crippen LogP contribution in [0.1, 0.15) is 18.2 Å². The smallest absolute Gasteiger partial charge is 0.242 e. The Kier molecular flexibility index (Phi) is 4.39. The average Bonchev–Trinajstić information content (AvgIpc) is 3.13. The van der Waals surface area contributed by atoms with Gasteiger partial charge in [0.2, 0.25) is 5.91 Å². The summed E-state index contributed by atoms with van der Waals surface area (Å²) in [5.41, 5.74) is 1.06. The zero-order chi connectivity index (χ0) is 15.4. The minimum absolute atomic E-state index is 0.0563. The second kappa shape index (κ2) is 6.62. The van der Waals surface area contributed by atoms with Gasteiger partial charge in [-0.1, -0.05) is 42.1 Å². The molecule has 3 rings (SSSR count). The number of rotatable bonds is 4. The lowest BCUT2D eigenvalue weighted by molar-refractivity contribution is -0.126. The summed E-state index contributed by atoms with van der Waals surface area (Å²) in [5, 5.41) is 8.66. The zero-order valence-electron chi connectivity index (χ0n) is 12.0. The molecule has 0 saturated carbocycles. The van der Waals surface area contributed by atoms with Crippen LogP contribution in [-0.4, -0.2) is 27.4 Å². The van der Waals surface area contributed by atoms with Gasteiger partial charge in [0.25, 0.3) is 0 Å². The van der Waals surface area contributed by atoms with E-state index in [9.17, 15) is 4.79 Å². The van der Waals surface area contributed by atoms with Crippen molar-refractivity contribution in [3.63, 3.8) is 0 Å². The van der Waals surface area contributed by atoms with Crippen LogP contribution in [0.25, 0.3) is 0 Å². The fourth-order valence-corrected chi connectivity index (χ4v) is 3.00. The van der Waals surface area contributed by atoms with E-state index in [0.717, 1.165) is 5.56 Å². The van der Waals surface area contributed by atoms with Crippen LogP contribution in [-0.2, 0) is 11.3 Å². The van der Waals surface area contributed by atoms with Gasteiger partial charge in [0.15, 0.2) is 5.17 Å². The largest absolute Gasteiger partial charge is 0.463 e.